The second-order valence-corrected chi connectivity index (χ2v) is 6.60. The van der Waals surface area contributed by atoms with Crippen LogP contribution in [0.4, 0.5) is 0 Å². The van der Waals surface area contributed by atoms with Gasteiger partial charge in [-0.25, -0.2) is 0 Å². The Balaban J connectivity index is 3.05. The molecule has 0 fully saturated rings. The monoisotopic (exact) mass is 482 g/mol. The molecule has 0 radical (unpaired) electrons. The lowest BCUT2D eigenvalue weighted by molar-refractivity contribution is -0.145. The molecule has 0 amide bonds. The van der Waals surface area contributed by atoms with Crippen molar-refractivity contribution in [3.63, 3.8) is 0 Å². The Morgan fingerprint density at radius 1 is 0.455 bits per heavy atom. The fourth-order valence-corrected chi connectivity index (χ4v) is 2.16. The van der Waals surface area contributed by atoms with Crippen LogP contribution in [0.1, 0.15) is 26.7 Å². The molecule has 196 valence electrons. The Hall–Kier alpha value is -1.34. The highest BCUT2D eigenvalue weighted by Crippen LogP contribution is 1.91. The van der Waals surface area contributed by atoms with Crippen LogP contribution in [0.25, 0.3) is 0 Å². The van der Waals surface area contributed by atoms with Gasteiger partial charge in [0.2, 0.25) is 0 Å². The molecule has 0 spiro atoms. The lowest BCUT2D eigenvalue weighted by atomic mass is 10.3. The maximum absolute atomic E-state index is 11.1. The number of esters is 2. The minimum absolute atomic E-state index is 0.190. The molecule has 11 nitrogen and oxygen atoms in total. The van der Waals surface area contributed by atoms with E-state index in [2.05, 4.69) is 0 Å². The molecule has 11 heteroatoms. The Bertz CT molecular complexity index is 435. The fraction of sp³-hybridized carbons (Fsp3) is 0.909. The first kappa shape index (κ1) is 31.7. The van der Waals surface area contributed by atoms with E-state index in [1.54, 1.807) is 0 Å². The molecule has 0 rings (SSSR count). The van der Waals surface area contributed by atoms with Gasteiger partial charge in [-0.1, -0.05) is 6.92 Å². The lowest BCUT2D eigenvalue weighted by Crippen LogP contribution is -2.15. The molecular formula is C22H42O11. The first-order chi connectivity index (χ1) is 16.2. The molecule has 0 saturated carbocycles. The van der Waals surface area contributed by atoms with Gasteiger partial charge in [-0.05, 0) is 6.42 Å². The SMILES string of the molecule is CCCC(=O)OCCOCCOCCOCCOCCOCCOCCOCCOC(C)=O. The number of rotatable bonds is 26. The van der Waals surface area contributed by atoms with E-state index in [0.29, 0.717) is 98.9 Å². The number of hydrogen-bond donors (Lipinski definition) is 0. The van der Waals surface area contributed by atoms with Crippen LogP contribution >= 0.6 is 0 Å². The molecule has 0 aromatic carbocycles. The molecule has 0 aliphatic heterocycles. The molecule has 0 aliphatic rings. The van der Waals surface area contributed by atoms with Crippen LogP contribution in [0.2, 0.25) is 0 Å². The van der Waals surface area contributed by atoms with Crippen molar-refractivity contribution in [3.8, 4) is 0 Å². The van der Waals surface area contributed by atoms with Crippen molar-refractivity contribution in [2.24, 2.45) is 0 Å². The summed E-state index contributed by atoms with van der Waals surface area (Å²) in [5.74, 6) is -0.502. The molecule has 33 heavy (non-hydrogen) atoms. The Morgan fingerprint density at radius 3 is 1.00 bits per heavy atom. The molecular weight excluding hydrogens is 440 g/mol. The van der Waals surface area contributed by atoms with Crippen LogP contribution in [0.15, 0.2) is 0 Å². The molecule has 0 saturated heterocycles. The topological polar surface area (TPSA) is 117 Å². The van der Waals surface area contributed by atoms with Crippen LogP contribution in [0, 0.1) is 0 Å². The zero-order chi connectivity index (χ0) is 24.2. The van der Waals surface area contributed by atoms with E-state index in [-0.39, 0.29) is 25.2 Å². The summed E-state index contributed by atoms with van der Waals surface area (Å²) in [5, 5.41) is 0. The second kappa shape index (κ2) is 26.9. The third kappa shape index (κ3) is 28.6. The van der Waals surface area contributed by atoms with Crippen molar-refractivity contribution in [2.45, 2.75) is 26.7 Å². The maximum atomic E-state index is 11.1. The van der Waals surface area contributed by atoms with Gasteiger partial charge in [-0.2, -0.15) is 0 Å². The zero-order valence-electron chi connectivity index (χ0n) is 20.2. The Labute approximate surface area is 197 Å². The normalized spacial score (nSPS) is 11.0. The van der Waals surface area contributed by atoms with Crippen LogP contribution in [-0.4, -0.2) is 118 Å². The number of ether oxygens (including phenoxy) is 9. The van der Waals surface area contributed by atoms with Gasteiger partial charge in [-0.3, -0.25) is 9.59 Å². The van der Waals surface area contributed by atoms with Gasteiger partial charge >= 0.3 is 11.9 Å². The van der Waals surface area contributed by atoms with Crippen molar-refractivity contribution in [3.05, 3.63) is 0 Å². The van der Waals surface area contributed by atoms with Crippen LogP contribution in [-0.2, 0) is 52.2 Å². The van der Waals surface area contributed by atoms with E-state index in [1.165, 1.54) is 6.92 Å². The average Bonchev–Trinajstić information content (AvgIpc) is 2.79. The largest absolute Gasteiger partial charge is 0.463 e. The number of hydrogen-bond acceptors (Lipinski definition) is 11. The third-order valence-electron chi connectivity index (χ3n) is 3.71. The quantitative estimate of drug-likeness (QED) is 0.130. The summed E-state index contributed by atoms with van der Waals surface area (Å²) in [6.45, 7) is 10.3. The van der Waals surface area contributed by atoms with Gasteiger partial charge in [0.15, 0.2) is 0 Å². The first-order valence-corrected chi connectivity index (χ1v) is 11.5. The molecule has 0 bridgehead atoms. The average molecular weight is 483 g/mol. The van der Waals surface area contributed by atoms with Crippen molar-refractivity contribution < 1.29 is 52.2 Å². The number of carbonyl (C=O) groups excluding carboxylic acids is 2. The highest BCUT2D eigenvalue weighted by molar-refractivity contribution is 5.69. The molecule has 0 aromatic rings. The summed E-state index contributed by atoms with van der Waals surface area (Å²) in [6, 6.07) is 0. The predicted molar refractivity (Wildman–Crippen MR) is 118 cm³/mol. The van der Waals surface area contributed by atoms with E-state index in [4.69, 9.17) is 42.6 Å². The van der Waals surface area contributed by atoms with E-state index in [1.807, 2.05) is 6.92 Å². The molecule has 0 aromatic heterocycles. The fourth-order valence-electron chi connectivity index (χ4n) is 2.16. The van der Waals surface area contributed by atoms with Crippen LogP contribution < -0.4 is 0 Å². The lowest BCUT2D eigenvalue weighted by Gasteiger charge is -2.08. The Morgan fingerprint density at radius 2 is 0.727 bits per heavy atom. The van der Waals surface area contributed by atoms with E-state index in [0.717, 1.165) is 6.42 Å². The van der Waals surface area contributed by atoms with E-state index in [9.17, 15) is 9.59 Å². The van der Waals surface area contributed by atoms with E-state index < -0.39 is 0 Å². The van der Waals surface area contributed by atoms with Gasteiger partial charge in [-0.15, -0.1) is 0 Å². The Kier molecular flexibility index (Phi) is 25.8. The highest BCUT2D eigenvalue weighted by atomic mass is 16.6. The summed E-state index contributed by atoms with van der Waals surface area (Å²) in [6.07, 6.45) is 1.23. The smallest absolute Gasteiger partial charge is 0.305 e. The predicted octanol–water partition coefficient (Wildman–Crippen LogP) is 1.01. The summed E-state index contributed by atoms with van der Waals surface area (Å²) in [4.78, 5) is 21.7. The standard InChI is InChI=1S/C22H42O11/c1-3-4-22(24)33-20-18-31-16-14-29-12-10-27-8-6-25-5-7-26-9-11-28-13-15-30-17-19-32-21(2)23/h3-20H2,1-2H3. The third-order valence-corrected chi connectivity index (χ3v) is 3.71. The minimum Gasteiger partial charge on any atom is -0.463 e. The summed E-state index contributed by atoms with van der Waals surface area (Å²) in [7, 11) is 0. The molecule has 0 N–H and O–H groups in total. The van der Waals surface area contributed by atoms with Crippen LogP contribution in [0.5, 0.6) is 0 Å². The van der Waals surface area contributed by atoms with Gasteiger partial charge < -0.3 is 42.6 Å². The van der Waals surface area contributed by atoms with Gasteiger partial charge in [0.05, 0.1) is 92.5 Å². The number of carbonyl (C=O) groups is 2. The molecule has 0 atom stereocenters. The zero-order valence-corrected chi connectivity index (χ0v) is 20.2. The van der Waals surface area contributed by atoms with Gasteiger partial charge in [0.25, 0.3) is 0 Å². The van der Waals surface area contributed by atoms with Crippen molar-refractivity contribution in [1.82, 2.24) is 0 Å². The van der Waals surface area contributed by atoms with Gasteiger partial charge in [0.1, 0.15) is 13.2 Å². The van der Waals surface area contributed by atoms with Crippen molar-refractivity contribution in [1.29, 1.82) is 0 Å². The molecule has 0 aliphatic carbocycles. The minimum atomic E-state index is -0.312. The summed E-state index contributed by atoms with van der Waals surface area (Å²) >= 11 is 0. The molecule has 0 unspecified atom stereocenters. The second-order valence-electron chi connectivity index (χ2n) is 6.60. The first-order valence-electron chi connectivity index (χ1n) is 11.5. The van der Waals surface area contributed by atoms with E-state index >= 15 is 0 Å². The highest BCUT2D eigenvalue weighted by Gasteiger charge is 2.00. The van der Waals surface area contributed by atoms with Crippen molar-refractivity contribution >= 4 is 11.9 Å². The van der Waals surface area contributed by atoms with Crippen LogP contribution in [0.3, 0.4) is 0 Å². The molecule has 0 heterocycles. The van der Waals surface area contributed by atoms with Crippen molar-refractivity contribution in [2.75, 3.05) is 106 Å². The van der Waals surface area contributed by atoms with Gasteiger partial charge in [0, 0.05) is 13.3 Å². The summed E-state index contributed by atoms with van der Waals surface area (Å²) < 4.78 is 47.2. The summed E-state index contributed by atoms with van der Waals surface area (Å²) in [5.41, 5.74) is 0. The maximum Gasteiger partial charge on any atom is 0.305 e.